The van der Waals surface area contributed by atoms with Gasteiger partial charge in [-0.15, -0.1) is 37.1 Å². The van der Waals surface area contributed by atoms with Gasteiger partial charge in [-0.25, -0.2) is 9.79 Å². The third-order valence-electron chi connectivity index (χ3n) is 3.45. The van der Waals surface area contributed by atoms with Gasteiger partial charge in [0.05, 0.1) is 13.7 Å². The molecule has 0 heterocycles. The number of hydrogen-bond acceptors (Lipinski definition) is 4. The average molecular weight is 524 g/mol. The average Bonchev–Trinajstić information content (AvgIpc) is 2.65. The smallest absolute Gasteiger partial charge is 0.453 e. The summed E-state index contributed by atoms with van der Waals surface area (Å²) in [5.74, 6) is -0.108. The van der Waals surface area contributed by atoms with Crippen molar-refractivity contribution in [3.05, 3.63) is 59.7 Å². The van der Waals surface area contributed by atoms with Gasteiger partial charge in [-0.2, -0.15) is 0 Å². The Balaban J connectivity index is 0.00000420. The van der Waals surface area contributed by atoms with Crippen LogP contribution >= 0.6 is 24.0 Å². The molecule has 2 aromatic carbocycles. The number of methoxy groups -OCH3 is 1. The monoisotopic (exact) mass is 524 g/mol. The summed E-state index contributed by atoms with van der Waals surface area (Å²) in [5, 5.41) is 5.46. The molecule has 2 aromatic rings. The number of aliphatic imine (C=N–C) groups is 1. The van der Waals surface area contributed by atoms with E-state index >= 15 is 0 Å². The van der Waals surface area contributed by atoms with Crippen LogP contribution in [0.1, 0.15) is 11.1 Å². The quantitative estimate of drug-likeness (QED) is 0.302. The maximum atomic E-state index is 12.1. The number of ether oxygens (including phenoxy) is 2. The van der Waals surface area contributed by atoms with Crippen molar-refractivity contribution < 1.29 is 27.4 Å². The summed E-state index contributed by atoms with van der Waals surface area (Å²) < 4.78 is 44.7. The molecule has 0 aromatic heterocycles. The number of carbonyl (C=O) groups is 1. The van der Waals surface area contributed by atoms with E-state index in [9.17, 15) is 18.0 Å². The fraction of sp³-hybridized carbons (Fsp3) is 0.222. The van der Waals surface area contributed by atoms with Crippen LogP contribution in [0.3, 0.4) is 0 Å². The molecule has 0 radical (unpaired) electrons. The van der Waals surface area contributed by atoms with Crippen LogP contribution in [-0.2, 0) is 17.8 Å². The third kappa shape index (κ3) is 9.36. The van der Waals surface area contributed by atoms with E-state index in [-0.39, 0.29) is 42.2 Å². The highest BCUT2D eigenvalue weighted by Crippen LogP contribution is 2.22. The van der Waals surface area contributed by atoms with Crippen LogP contribution in [0.25, 0.3) is 0 Å². The van der Waals surface area contributed by atoms with E-state index in [1.807, 2.05) is 0 Å². The maximum absolute atomic E-state index is 12.1. The Labute approximate surface area is 182 Å². The lowest BCUT2D eigenvalue weighted by Gasteiger charge is -2.09. The van der Waals surface area contributed by atoms with Gasteiger partial charge >= 0.3 is 12.5 Å². The molecule has 11 heteroatoms. The summed E-state index contributed by atoms with van der Waals surface area (Å²) in [5.41, 5.74) is 7.96. The number of anilines is 1. The molecule has 7 nitrogen and oxygen atoms in total. The lowest BCUT2D eigenvalue weighted by molar-refractivity contribution is -0.274. The molecule has 0 fully saturated rings. The molecule has 158 valence electrons. The zero-order chi connectivity index (χ0) is 20.6. The van der Waals surface area contributed by atoms with E-state index in [4.69, 9.17) is 5.73 Å². The standard InChI is InChI=1S/C18H19F3N4O3.HI/c1-27-17(26)25-14-6-2-12(3-7-14)10-23-16(22)24-11-13-4-8-15(9-5-13)28-18(19,20)21;/h2-9H,10-11H2,1H3,(H,25,26)(H3,22,23,24);1H. The first kappa shape index (κ1) is 24.3. The Hall–Kier alpha value is -2.70. The second-order valence-corrected chi connectivity index (χ2v) is 5.56. The van der Waals surface area contributed by atoms with Crippen LogP contribution in [0, 0.1) is 0 Å². The predicted molar refractivity (Wildman–Crippen MR) is 113 cm³/mol. The fourth-order valence-electron chi connectivity index (χ4n) is 2.10. The highest BCUT2D eigenvalue weighted by molar-refractivity contribution is 14.0. The zero-order valence-electron chi connectivity index (χ0n) is 15.3. The molecule has 0 atom stereocenters. The highest BCUT2D eigenvalue weighted by atomic mass is 127. The lowest BCUT2D eigenvalue weighted by Crippen LogP contribution is -2.31. The number of guanidine groups is 1. The van der Waals surface area contributed by atoms with Gasteiger partial charge in [0.1, 0.15) is 5.75 Å². The van der Waals surface area contributed by atoms with E-state index in [0.29, 0.717) is 17.8 Å². The highest BCUT2D eigenvalue weighted by Gasteiger charge is 2.30. The first-order valence-corrected chi connectivity index (χ1v) is 8.07. The first-order valence-electron chi connectivity index (χ1n) is 8.07. The summed E-state index contributed by atoms with van der Waals surface area (Å²) in [6, 6.07) is 12.4. The van der Waals surface area contributed by atoms with Crippen LogP contribution < -0.4 is 21.1 Å². The largest absolute Gasteiger partial charge is 0.573 e. The van der Waals surface area contributed by atoms with E-state index in [1.54, 1.807) is 24.3 Å². The molecule has 2 rings (SSSR count). The van der Waals surface area contributed by atoms with Crippen molar-refractivity contribution in [1.29, 1.82) is 0 Å². The van der Waals surface area contributed by atoms with Gasteiger partial charge in [0.25, 0.3) is 0 Å². The SMILES string of the molecule is COC(=O)Nc1ccc(CNC(N)=NCc2ccc(OC(F)(F)F)cc2)cc1.I. The number of hydrogen-bond donors (Lipinski definition) is 3. The van der Waals surface area contributed by atoms with Crippen LogP contribution in [0.4, 0.5) is 23.7 Å². The molecule has 0 saturated heterocycles. The summed E-state index contributed by atoms with van der Waals surface area (Å²) >= 11 is 0. The molecule has 29 heavy (non-hydrogen) atoms. The predicted octanol–water partition coefficient (Wildman–Crippen LogP) is 3.99. The van der Waals surface area contributed by atoms with Gasteiger partial charge in [0, 0.05) is 12.2 Å². The van der Waals surface area contributed by atoms with Gasteiger partial charge in [0.2, 0.25) is 0 Å². The normalized spacial score (nSPS) is 11.2. The van der Waals surface area contributed by atoms with Gasteiger partial charge < -0.3 is 20.5 Å². The number of rotatable bonds is 6. The van der Waals surface area contributed by atoms with Crippen molar-refractivity contribution in [2.75, 3.05) is 12.4 Å². The van der Waals surface area contributed by atoms with E-state index < -0.39 is 12.5 Å². The van der Waals surface area contributed by atoms with Crippen molar-refractivity contribution in [2.45, 2.75) is 19.5 Å². The Bertz CT molecular complexity index is 813. The molecule has 4 N–H and O–H groups in total. The summed E-state index contributed by atoms with van der Waals surface area (Å²) in [7, 11) is 1.28. The van der Waals surface area contributed by atoms with Gasteiger partial charge in [0.15, 0.2) is 5.96 Å². The number of carbonyl (C=O) groups excluding carboxylic acids is 1. The van der Waals surface area contributed by atoms with E-state index in [1.165, 1.54) is 31.4 Å². The second kappa shape index (κ2) is 11.3. The van der Waals surface area contributed by atoms with Crippen molar-refractivity contribution in [1.82, 2.24) is 5.32 Å². The molecule has 1 amide bonds. The number of amides is 1. The molecule has 0 aliphatic rings. The molecular formula is C18H20F3IN4O3. The zero-order valence-corrected chi connectivity index (χ0v) is 17.7. The van der Waals surface area contributed by atoms with Crippen LogP contribution in [0.5, 0.6) is 5.75 Å². The summed E-state index contributed by atoms with van der Waals surface area (Å²) in [6.07, 6.45) is -5.28. The minimum atomic E-state index is -4.72. The fourth-order valence-corrected chi connectivity index (χ4v) is 2.10. The Morgan fingerprint density at radius 3 is 2.21 bits per heavy atom. The van der Waals surface area contributed by atoms with Crippen LogP contribution in [-0.4, -0.2) is 25.5 Å². The van der Waals surface area contributed by atoms with Crippen molar-refractivity contribution >= 4 is 41.7 Å². The molecule has 0 aliphatic carbocycles. The number of alkyl halides is 3. The second-order valence-electron chi connectivity index (χ2n) is 5.56. The Morgan fingerprint density at radius 1 is 1.07 bits per heavy atom. The summed E-state index contributed by atoms with van der Waals surface area (Å²) in [4.78, 5) is 15.2. The molecule has 0 spiro atoms. The van der Waals surface area contributed by atoms with E-state index in [0.717, 1.165) is 5.56 Å². The van der Waals surface area contributed by atoms with Crippen molar-refractivity contribution in [3.63, 3.8) is 0 Å². The van der Waals surface area contributed by atoms with Crippen LogP contribution in [0.15, 0.2) is 53.5 Å². The molecular weight excluding hydrogens is 504 g/mol. The summed E-state index contributed by atoms with van der Waals surface area (Å²) in [6.45, 7) is 0.610. The topological polar surface area (TPSA) is 98.0 Å². The minimum absolute atomic E-state index is 0. The third-order valence-corrected chi connectivity index (χ3v) is 3.45. The molecule has 0 bridgehead atoms. The van der Waals surface area contributed by atoms with Crippen molar-refractivity contribution in [2.24, 2.45) is 10.7 Å². The molecule has 0 saturated carbocycles. The number of nitrogens with two attached hydrogens (primary N) is 1. The van der Waals surface area contributed by atoms with Gasteiger partial charge in [-0.1, -0.05) is 24.3 Å². The lowest BCUT2D eigenvalue weighted by atomic mass is 10.2. The number of nitrogens with one attached hydrogen (secondary N) is 2. The van der Waals surface area contributed by atoms with E-state index in [2.05, 4.69) is 25.1 Å². The Morgan fingerprint density at radius 2 is 1.66 bits per heavy atom. The van der Waals surface area contributed by atoms with Crippen LogP contribution in [0.2, 0.25) is 0 Å². The van der Waals surface area contributed by atoms with Crippen molar-refractivity contribution in [3.8, 4) is 5.75 Å². The maximum Gasteiger partial charge on any atom is 0.573 e. The van der Waals surface area contributed by atoms with Gasteiger partial charge in [-0.05, 0) is 35.4 Å². The molecule has 0 aliphatic heterocycles. The number of benzene rings is 2. The minimum Gasteiger partial charge on any atom is -0.453 e. The number of nitrogens with zero attached hydrogens (tertiary/aromatic N) is 1. The number of halogens is 4. The first-order chi connectivity index (χ1) is 13.2. The molecule has 0 unspecified atom stereocenters. The Kier molecular flexibility index (Phi) is 9.51. The van der Waals surface area contributed by atoms with Gasteiger partial charge in [-0.3, -0.25) is 5.32 Å².